The molecule has 0 radical (unpaired) electrons. The van der Waals surface area contributed by atoms with E-state index in [0.717, 1.165) is 16.6 Å². The van der Waals surface area contributed by atoms with Gasteiger partial charge in [-0.2, -0.15) is 0 Å². The van der Waals surface area contributed by atoms with Crippen molar-refractivity contribution in [2.75, 3.05) is 24.6 Å². The monoisotopic (exact) mass is 367 g/mol. The van der Waals surface area contributed by atoms with Gasteiger partial charge in [0, 0.05) is 21.3 Å². The van der Waals surface area contributed by atoms with Gasteiger partial charge in [0.05, 0.1) is 17.9 Å². The van der Waals surface area contributed by atoms with Crippen LogP contribution in [0.2, 0.25) is 0 Å². The third-order valence-electron chi connectivity index (χ3n) is 2.94. The molecule has 1 heterocycles. The van der Waals surface area contributed by atoms with Crippen LogP contribution >= 0.6 is 27.3 Å². The van der Waals surface area contributed by atoms with Crippen LogP contribution in [0.3, 0.4) is 0 Å². The lowest BCUT2D eigenvalue weighted by atomic mass is 10.2. The lowest BCUT2D eigenvalue weighted by Crippen LogP contribution is -2.29. The molecule has 112 valence electrons. The number of nitrogen functional groups attached to an aromatic ring is 1. The molecule has 1 aromatic carbocycles. The molecule has 0 unspecified atom stereocenters. The number of nitrogens with two attached hydrogens (primary N) is 1. The second kappa shape index (κ2) is 7.06. The molecule has 6 heteroatoms. The number of nitrogens with one attached hydrogen (secondary N) is 1. The molecular formula is C15H18BrN3OS. The van der Waals surface area contributed by atoms with E-state index in [1.54, 1.807) is 11.3 Å². The number of thiophene rings is 1. The molecule has 0 aliphatic rings. The van der Waals surface area contributed by atoms with Crippen LogP contribution in [0.5, 0.6) is 0 Å². The first-order chi connectivity index (χ1) is 9.94. The van der Waals surface area contributed by atoms with E-state index < -0.39 is 0 Å². The second-order valence-corrected chi connectivity index (χ2v) is 6.95. The number of benzene rings is 1. The molecule has 0 aliphatic heterocycles. The minimum absolute atomic E-state index is 0.0660. The first kappa shape index (κ1) is 16.0. The molecule has 21 heavy (non-hydrogen) atoms. The number of carbonyl (C=O) groups excluding carboxylic acids is 1. The summed E-state index contributed by atoms with van der Waals surface area (Å²) in [6, 6.07) is 7.68. The van der Waals surface area contributed by atoms with Crippen molar-refractivity contribution in [2.45, 2.75) is 13.5 Å². The van der Waals surface area contributed by atoms with E-state index in [2.05, 4.69) is 27.3 Å². The number of nitrogens with zero attached hydrogens (tertiary/aromatic N) is 1. The van der Waals surface area contributed by atoms with Crippen molar-refractivity contribution in [3.63, 3.8) is 0 Å². The SMILES string of the molecule is Cc1ccc(NC(=O)CN(C)Cc2cc(Br)cs2)c(N)c1. The molecule has 1 aromatic heterocycles. The predicted molar refractivity (Wildman–Crippen MR) is 92.6 cm³/mol. The minimum atomic E-state index is -0.0660. The molecule has 1 amide bonds. The van der Waals surface area contributed by atoms with E-state index >= 15 is 0 Å². The Bertz CT molecular complexity index is 642. The number of carbonyl (C=O) groups is 1. The van der Waals surface area contributed by atoms with Crippen LogP contribution in [-0.2, 0) is 11.3 Å². The molecule has 2 rings (SSSR count). The number of hydrogen-bond acceptors (Lipinski definition) is 4. The van der Waals surface area contributed by atoms with E-state index in [9.17, 15) is 4.79 Å². The Morgan fingerprint density at radius 3 is 2.81 bits per heavy atom. The van der Waals surface area contributed by atoms with E-state index in [0.29, 0.717) is 17.9 Å². The molecule has 4 nitrogen and oxygen atoms in total. The minimum Gasteiger partial charge on any atom is -0.397 e. The lowest BCUT2D eigenvalue weighted by molar-refractivity contribution is -0.117. The second-order valence-electron chi connectivity index (χ2n) is 5.04. The number of amides is 1. The molecule has 0 fully saturated rings. The van der Waals surface area contributed by atoms with Crippen LogP contribution < -0.4 is 11.1 Å². The van der Waals surface area contributed by atoms with Crippen molar-refractivity contribution in [3.8, 4) is 0 Å². The zero-order valence-corrected chi connectivity index (χ0v) is 14.4. The van der Waals surface area contributed by atoms with Gasteiger partial charge in [0.25, 0.3) is 0 Å². The molecular weight excluding hydrogens is 350 g/mol. The van der Waals surface area contributed by atoms with Gasteiger partial charge < -0.3 is 11.1 Å². The summed E-state index contributed by atoms with van der Waals surface area (Å²) in [5.74, 6) is -0.0660. The Labute approximate surface area is 137 Å². The number of anilines is 2. The summed E-state index contributed by atoms with van der Waals surface area (Å²) in [5.41, 5.74) is 8.23. The highest BCUT2D eigenvalue weighted by Crippen LogP contribution is 2.21. The van der Waals surface area contributed by atoms with Gasteiger partial charge in [-0.15, -0.1) is 11.3 Å². The Morgan fingerprint density at radius 2 is 2.19 bits per heavy atom. The zero-order valence-electron chi connectivity index (χ0n) is 12.0. The van der Waals surface area contributed by atoms with Crippen LogP contribution in [0.15, 0.2) is 34.1 Å². The Balaban J connectivity index is 1.89. The molecule has 0 atom stereocenters. The Hall–Kier alpha value is -1.37. The number of hydrogen-bond donors (Lipinski definition) is 2. The largest absolute Gasteiger partial charge is 0.397 e. The summed E-state index contributed by atoms with van der Waals surface area (Å²) in [6.45, 7) is 3.03. The fraction of sp³-hybridized carbons (Fsp3) is 0.267. The van der Waals surface area contributed by atoms with Crippen molar-refractivity contribution in [3.05, 3.63) is 44.6 Å². The van der Waals surface area contributed by atoms with Crippen LogP contribution in [0.1, 0.15) is 10.4 Å². The number of likely N-dealkylation sites (N-methyl/N-ethyl adjacent to an activating group) is 1. The molecule has 0 bridgehead atoms. The average molecular weight is 368 g/mol. The maximum atomic E-state index is 12.0. The van der Waals surface area contributed by atoms with Gasteiger partial charge in [-0.25, -0.2) is 0 Å². The highest BCUT2D eigenvalue weighted by atomic mass is 79.9. The summed E-state index contributed by atoms with van der Waals surface area (Å²) >= 11 is 5.10. The van der Waals surface area contributed by atoms with Gasteiger partial charge in [-0.05, 0) is 53.7 Å². The molecule has 0 aliphatic carbocycles. The van der Waals surface area contributed by atoms with Gasteiger partial charge in [0.1, 0.15) is 0 Å². The van der Waals surface area contributed by atoms with Gasteiger partial charge in [-0.1, -0.05) is 6.07 Å². The van der Waals surface area contributed by atoms with Crippen LogP contribution in [0.4, 0.5) is 11.4 Å². The Kier molecular flexibility index (Phi) is 5.39. The predicted octanol–water partition coefficient (Wildman–Crippen LogP) is 3.47. The van der Waals surface area contributed by atoms with E-state index in [1.165, 1.54) is 4.88 Å². The molecule has 0 spiro atoms. The third kappa shape index (κ3) is 4.84. The van der Waals surface area contributed by atoms with Crippen LogP contribution in [-0.4, -0.2) is 24.4 Å². The molecule has 3 N–H and O–H groups in total. The number of aryl methyl sites for hydroxylation is 1. The fourth-order valence-electron chi connectivity index (χ4n) is 1.99. The quantitative estimate of drug-likeness (QED) is 0.795. The first-order valence-electron chi connectivity index (χ1n) is 6.51. The molecule has 0 saturated heterocycles. The average Bonchev–Trinajstić information content (AvgIpc) is 2.78. The smallest absolute Gasteiger partial charge is 0.238 e. The van der Waals surface area contributed by atoms with Gasteiger partial charge >= 0.3 is 0 Å². The number of halogens is 1. The van der Waals surface area contributed by atoms with Gasteiger partial charge in [0.2, 0.25) is 5.91 Å². The van der Waals surface area contributed by atoms with E-state index in [1.807, 2.05) is 42.5 Å². The van der Waals surface area contributed by atoms with Crippen molar-refractivity contribution >= 4 is 44.5 Å². The first-order valence-corrected chi connectivity index (χ1v) is 8.19. The number of rotatable bonds is 5. The Morgan fingerprint density at radius 1 is 1.43 bits per heavy atom. The van der Waals surface area contributed by atoms with Crippen molar-refractivity contribution in [1.29, 1.82) is 0 Å². The van der Waals surface area contributed by atoms with E-state index in [4.69, 9.17) is 5.73 Å². The molecule has 0 saturated carbocycles. The topological polar surface area (TPSA) is 58.4 Å². The highest BCUT2D eigenvalue weighted by Gasteiger charge is 2.10. The van der Waals surface area contributed by atoms with Gasteiger partial charge in [-0.3, -0.25) is 9.69 Å². The highest BCUT2D eigenvalue weighted by molar-refractivity contribution is 9.10. The third-order valence-corrected chi connectivity index (χ3v) is 4.62. The summed E-state index contributed by atoms with van der Waals surface area (Å²) in [7, 11) is 1.92. The summed E-state index contributed by atoms with van der Waals surface area (Å²) < 4.78 is 1.08. The lowest BCUT2D eigenvalue weighted by Gasteiger charge is -2.16. The van der Waals surface area contributed by atoms with Crippen molar-refractivity contribution < 1.29 is 4.79 Å². The summed E-state index contributed by atoms with van der Waals surface area (Å²) in [6.07, 6.45) is 0. The van der Waals surface area contributed by atoms with Crippen molar-refractivity contribution in [2.24, 2.45) is 0 Å². The fourth-order valence-corrected chi connectivity index (χ4v) is 3.52. The zero-order chi connectivity index (χ0) is 15.4. The maximum Gasteiger partial charge on any atom is 0.238 e. The molecule has 2 aromatic rings. The standard InChI is InChI=1S/C15H18BrN3OS/c1-10-3-4-14(13(17)5-10)18-15(20)8-19(2)7-12-6-11(16)9-21-12/h3-6,9H,7-8,17H2,1-2H3,(H,18,20). The van der Waals surface area contributed by atoms with Gasteiger partial charge in [0.15, 0.2) is 0 Å². The van der Waals surface area contributed by atoms with Crippen LogP contribution in [0.25, 0.3) is 0 Å². The van der Waals surface area contributed by atoms with Crippen LogP contribution in [0, 0.1) is 6.92 Å². The van der Waals surface area contributed by atoms with E-state index in [-0.39, 0.29) is 5.91 Å². The summed E-state index contributed by atoms with van der Waals surface area (Å²) in [5, 5.41) is 4.89. The summed E-state index contributed by atoms with van der Waals surface area (Å²) in [4.78, 5) is 15.2. The van der Waals surface area contributed by atoms with Crippen molar-refractivity contribution in [1.82, 2.24) is 4.90 Å². The maximum absolute atomic E-state index is 12.0. The normalized spacial score (nSPS) is 10.9.